The van der Waals surface area contributed by atoms with Crippen LogP contribution in [-0.2, 0) is 0 Å². The lowest BCUT2D eigenvalue weighted by molar-refractivity contribution is 0.104. The van der Waals surface area contributed by atoms with Crippen LogP contribution in [0.2, 0.25) is 0 Å². The predicted octanol–water partition coefficient (Wildman–Crippen LogP) is 2.84. The zero-order chi connectivity index (χ0) is 10.6. The molecule has 0 fully saturated rings. The minimum absolute atomic E-state index is 0.0116. The van der Waals surface area contributed by atoms with Gasteiger partial charge in [-0.25, -0.2) is 0 Å². The standard InChI is InChI=1S/C12H14O2/c1-9(2)8-11(13)10-6-4-5-7-12(10)14-3/h4-8H,1-3H3. The minimum Gasteiger partial charge on any atom is -0.496 e. The van der Waals surface area contributed by atoms with E-state index in [1.54, 1.807) is 25.3 Å². The molecule has 0 atom stereocenters. The molecule has 1 aromatic rings. The predicted molar refractivity (Wildman–Crippen MR) is 56.8 cm³/mol. The minimum atomic E-state index is -0.0116. The number of hydrogen-bond acceptors (Lipinski definition) is 2. The number of hydrogen-bond donors (Lipinski definition) is 0. The van der Waals surface area contributed by atoms with Crippen molar-refractivity contribution >= 4 is 5.78 Å². The summed E-state index contributed by atoms with van der Waals surface area (Å²) in [5, 5.41) is 0. The van der Waals surface area contributed by atoms with Gasteiger partial charge in [0, 0.05) is 0 Å². The molecule has 2 nitrogen and oxygen atoms in total. The van der Waals surface area contributed by atoms with Gasteiger partial charge in [0.1, 0.15) is 5.75 Å². The first kappa shape index (κ1) is 10.5. The highest BCUT2D eigenvalue weighted by Crippen LogP contribution is 2.18. The SMILES string of the molecule is COc1ccccc1C(=O)C=C(C)C. The fourth-order valence-electron chi connectivity index (χ4n) is 1.19. The Morgan fingerprint density at radius 3 is 2.50 bits per heavy atom. The van der Waals surface area contributed by atoms with E-state index in [2.05, 4.69) is 0 Å². The zero-order valence-electron chi connectivity index (χ0n) is 8.70. The molecule has 0 amide bonds. The molecule has 0 N–H and O–H groups in total. The molecule has 0 heterocycles. The summed E-state index contributed by atoms with van der Waals surface area (Å²) in [5.41, 5.74) is 1.59. The van der Waals surface area contributed by atoms with Gasteiger partial charge in [-0.05, 0) is 32.1 Å². The lowest BCUT2D eigenvalue weighted by Gasteiger charge is -2.04. The second-order valence-corrected chi connectivity index (χ2v) is 3.29. The van der Waals surface area contributed by atoms with Crippen LogP contribution in [0.4, 0.5) is 0 Å². The molecular formula is C12H14O2. The Balaban J connectivity index is 3.06. The fraction of sp³-hybridized carbons (Fsp3) is 0.250. The van der Waals surface area contributed by atoms with Gasteiger partial charge in [0.05, 0.1) is 12.7 Å². The van der Waals surface area contributed by atoms with Gasteiger partial charge in [-0.1, -0.05) is 17.7 Å². The largest absolute Gasteiger partial charge is 0.496 e. The molecule has 0 aliphatic rings. The van der Waals surface area contributed by atoms with E-state index in [4.69, 9.17) is 4.74 Å². The molecule has 0 aliphatic carbocycles. The average molecular weight is 190 g/mol. The second-order valence-electron chi connectivity index (χ2n) is 3.29. The molecule has 0 saturated carbocycles. The normalized spacial score (nSPS) is 9.36. The van der Waals surface area contributed by atoms with Crippen molar-refractivity contribution in [2.75, 3.05) is 7.11 Å². The van der Waals surface area contributed by atoms with Crippen LogP contribution in [0, 0.1) is 0 Å². The highest BCUT2D eigenvalue weighted by atomic mass is 16.5. The summed E-state index contributed by atoms with van der Waals surface area (Å²) in [6.45, 7) is 3.79. The quantitative estimate of drug-likeness (QED) is 0.541. The lowest BCUT2D eigenvalue weighted by atomic mass is 10.1. The van der Waals surface area contributed by atoms with Gasteiger partial charge in [0.25, 0.3) is 0 Å². The van der Waals surface area contributed by atoms with E-state index in [9.17, 15) is 4.79 Å². The molecule has 74 valence electrons. The molecule has 2 heteroatoms. The molecule has 0 aromatic heterocycles. The molecular weight excluding hydrogens is 176 g/mol. The van der Waals surface area contributed by atoms with E-state index in [0.29, 0.717) is 11.3 Å². The van der Waals surface area contributed by atoms with Crippen LogP contribution in [-0.4, -0.2) is 12.9 Å². The Morgan fingerprint density at radius 2 is 1.93 bits per heavy atom. The van der Waals surface area contributed by atoms with Crippen molar-refractivity contribution in [3.05, 3.63) is 41.5 Å². The third kappa shape index (κ3) is 2.46. The molecule has 0 aliphatic heterocycles. The molecule has 1 aromatic carbocycles. The van der Waals surface area contributed by atoms with Crippen LogP contribution in [0.15, 0.2) is 35.9 Å². The Bertz CT molecular complexity index is 360. The third-order valence-electron chi connectivity index (χ3n) is 1.79. The molecule has 0 saturated heterocycles. The first-order chi connectivity index (χ1) is 6.65. The Labute approximate surface area is 84.2 Å². The van der Waals surface area contributed by atoms with Gasteiger partial charge < -0.3 is 4.74 Å². The first-order valence-corrected chi connectivity index (χ1v) is 4.47. The van der Waals surface area contributed by atoms with E-state index >= 15 is 0 Å². The van der Waals surface area contributed by atoms with Crippen LogP contribution < -0.4 is 4.74 Å². The lowest BCUT2D eigenvalue weighted by Crippen LogP contribution is -1.98. The van der Waals surface area contributed by atoms with Crippen LogP contribution in [0.5, 0.6) is 5.75 Å². The fourth-order valence-corrected chi connectivity index (χ4v) is 1.19. The maximum atomic E-state index is 11.7. The molecule has 14 heavy (non-hydrogen) atoms. The van der Waals surface area contributed by atoms with E-state index in [-0.39, 0.29) is 5.78 Å². The highest BCUT2D eigenvalue weighted by Gasteiger charge is 2.07. The number of carbonyl (C=O) groups excluding carboxylic acids is 1. The van der Waals surface area contributed by atoms with Gasteiger partial charge in [-0.3, -0.25) is 4.79 Å². The molecule has 0 unspecified atom stereocenters. The molecule has 1 rings (SSSR count). The van der Waals surface area contributed by atoms with E-state index in [1.807, 2.05) is 26.0 Å². The van der Waals surface area contributed by atoms with Crippen molar-refractivity contribution in [2.24, 2.45) is 0 Å². The van der Waals surface area contributed by atoms with Gasteiger partial charge in [-0.2, -0.15) is 0 Å². The number of carbonyl (C=O) groups is 1. The summed E-state index contributed by atoms with van der Waals surface area (Å²) >= 11 is 0. The smallest absolute Gasteiger partial charge is 0.189 e. The van der Waals surface area contributed by atoms with E-state index in [0.717, 1.165) is 5.57 Å². The number of methoxy groups -OCH3 is 1. The van der Waals surface area contributed by atoms with Crippen LogP contribution in [0.1, 0.15) is 24.2 Å². The van der Waals surface area contributed by atoms with Crippen molar-refractivity contribution in [2.45, 2.75) is 13.8 Å². The number of ether oxygens (including phenoxy) is 1. The van der Waals surface area contributed by atoms with E-state index < -0.39 is 0 Å². The van der Waals surface area contributed by atoms with Crippen molar-refractivity contribution in [3.8, 4) is 5.75 Å². The second kappa shape index (κ2) is 4.61. The van der Waals surface area contributed by atoms with Crippen LogP contribution in [0.25, 0.3) is 0 Å². The number of benzene rings is 1. The average Bonchev–Trinajstić information content (AvgIpc) is 2.16. The molecule has 0 bridgehead atoms. The number of ketones is 1. The summed E-state index contributed by atoms with van der Waals surface area (Å²) in [5.74, 6) is 0.609. The molecule has 0 radical (unpaired) electrons. The molecule has 0 spiro atoms. The number of para-hydroxylation sites is 1. The summed E-state index contributed by atoms with van der Waals surface area (Å²) in [4.78, 5) is 11.7. The summed E-state index contributed by atoms with van der Waals surface area (Å²) in [6, 6.07) is 7.22. The first-order valence-electron chi connectivity index (χ1n) is 4.47. The van der Waals surface area contributed by atoms with Crippen molar-refractivity contribution in [1.29, 1.82) is 0 Å². The van der Waals surface area contributed by atoms with Gasteiger partial charge in [-0.15, -0.1) is 0 Å². The zero-order valence-corrected chi connectivity index (χ0v) is 8.70. The van der Waals surface area contributed by atoms with Crippen LogP contribution in [0.3, 0.4) is 0 Å². The van der Waals surface area contributed by atoms with Crippen molar-refractivity contribution < 1.29 is 9.53 Å². The van der Waals surface area contributed by atoms with Crippen molar-refractivity contribution in [3.63, 3.8) is 0 Å². The maximum absolute atomic E-state index is 11.7. The van der Waals surface area contributed by atoms with Gasteiger partial charge in [0.15, 0.2) is 5.78 Å². The summed E-state index contributed by atoms with van der Waals surface area (Å²) in [7, 11) is 1.56. The Morgan fingerprint density at radius 1 is 1.29 bits per heavy atom. The number of allylic oxidation sites excluding steroid dienone is 2. The Kier molecular flexibility index (Phi) is 3.46. The number of rotatable bonds is 3. The van der Waals surface area contributed by atoms with Gasteiger partial charge >= 0.3 is 0 Å². The maximum Gasteiger partial charge on any atom is 0.189 e. The van der Waals surface area contributed by atoms with Gasteiger partial charge in [0.2, 0.25) is 0 Å². The topological polar surface area (TPSA) is 26.3 Å². The highest BCUT2D eigenvalue weighted by molar-refractivity contribution is 6.06. The van der Waals surface area contributed by atoms with Crippen molar-refractivity contribution in [1.82, 2.24) is 0 Å². The summed E-state index contributed by atoms with van der Waals surface area (Å²) < 4.78 is 5.10. The summed E-state index contributed by atoms with van der Waals surface area (Å²) in [6.07, 6.45) is 1.61. The van der Waals surface area contributed by atoms with E-state index in [1.165, 1.54) is 0 Å². The van der Waals surface area contributed by atoms with Crippen LogP contribution >= 0.6 is 0 Å². The monoisotopic (exact) mass is 190 g/mol. The Hall–Kier alpha value is -1.57. The third-order valence-corrected chi connectivity index (χ3v) is 1.79.